The number of piperidine rings is 1. The van der Waals surface area contributed by atoms with E-state index in [2.05, 4.69) is 63.0 Å². The molecule has 0 radical (unpaired) electrons. The SMILES string of the molecule is CC1CCN(C(=O)c2ccc(N3C(=O)[C@H]4[C@H](C3=O)C3(Br)c5ccccc5C4(Br)c4ccccc43)cc2)CC1. The number of amides is 3. The van der Waals surface area contributed by atoms with Gasteiger partial charge in [0.15, 0.2) is 0 Å². The molecule has 3 aromatic carbocycles. The van der Waals surface area contributed by atoms with Gasteiger partial charge in [0, 0.05) is 18.7 Å². The maximum absolute atomic E-state index is 14.2. The molecule has 2 heterocycles. The second kappa shape index (κ2) is 8.36. The van der Waals surface area contributed by atoms with Crippen LogP contribution in [0, 0.1) is 17.8 Å². The van der Waals surface area contributed by atoms with Crippen molar-refractivity contribution in [1.29, 1.82) is 0 Å². The van der Waals surface area contributed by atoms with E-state index >= 15 is 0 Å². The lowest BCUT2D eigenvalue weighted by Crippen LogP contribution is -2.56. The van der Waals surface area contributed by atoms with Crippen LogP contribution < -0.4 is 4.90 Å². The molecule has 0 N–H and O–H groups in total. The lowest BCUT2D eigenvalue weighted by molar-refractivity contribution is -0.122. The van der Waals surface area contributed by atoms with Crippen LogP contribution in [0.1, 0.15) is 52.4 Å². The third-order valence-corrected chi connectivity index (χ3v) is 11.7. The van der Waals surface area contributed by atoms with E-state index in [1.54, 1.807) is 24.3 Å². The summed E-state index contributed by atoms with van der Waals surface area (Å²) < 4.78 is -1.63. The van der Waals surface area contributed by atoms with E-state index < -0.39 is 20.5 Å². The normalized spacial score (nSPS) is 29.8. The number of imide groups is 1. The first kappa shape index (κ1) is 24.3. The molecule has 3 aromatic rings. The van der Waals surface area contributed by atoms with Crippen LogP contribution in [0.4, 0.5) is 5.69 Å². The van der Waals surface area contributed by atoms with Gasteiger partial charge in [-0.1, -0.05) is 87.3 Å². The molecule has 0 aromatic heterocycles. The number of carbonyl (C=O) groups is 3. The number of hydrogen-bond acceptors (Lipinski definition) is 3. The van der Waals surface area contributed by atoms with Crippen LogP contribution in [0.3, 0.4) is 0 Å². The van der Waals surface area contributed by atoms with Crippen molar-refractivity contribution in [2.75, 3.05) is 18.0 Å². The minimum absolute atomic E-state index is 0.000963. The molecular weight excluding hydrogens is 608 g/mol. The summed E-state index contributed by atoms with van der Waals surface area (Å²) in [6, 6.07) is 23.1. The summed E-state index contributed by atoms with van der Waals surface area (Å²) in [6.07, 6.45) is 2.02. The molecule has 7 heteroatoms. The number of nitrogens with zero attached hydrogens (tertiary/aromatic N) is 2. The second-order valence-corrected chi connectivity index (χ2v) is 13.5. The van der Waals surface area contributed by atoms with Crippen molar-refractivity contribution in [3.8, 4) is 0 Å². The van der Waals surface area contributed by atoms with Gasteiger partial charge in [-0.05, 0) is 65.3 Å². The fraction of sp³-hybridized carbons (Fsp3) is 0.323. The molecule has 0 saturated carbocycles. The van der Waals surface area contributed by atoms with Gasteiger partial charge in [-0.2, -0.15) is 0 Å². The van der Waals surface area contributed by atoms with Gasteiger partial charge in [-0.15, -0.1) is 0 Å². The molecule has 5 aliphatic rings. The standard InChI is InChI=1S/C31H26Br2N2O3/c1-18-14-16-34(17-15-18)27(36)19-10-12-20(13-11-19)35-28(37)25-26(29(35)38)31(33)22-7-3-2-6-21(22)30(25,32)23-8-4-5-9-24(23)31/h2-13,18,25-26H,14-17H2,1H3/t25-,26-,30?,31?/m1/s1. The summed E-state index contributed by atoms with van der Waals surface area (Å²) in [5.41, 5.74) is 5.12. The van der Waals surface area contributed by atoms with Crippen molar-refractivity contribution in [2.45, 2.75) is 28.4 Å². The fourth-order valence-electron chi connectivity index (χ4n) is 7.07. The van der Waals surface area contributed by atoms with Gasteiger partial charge < -0.3 is 4.90 Å². The van der Waals surface area contributed by atoms with Gasteiger partial charge in [0.25, 0.3) is 5.91 Å². The largest absolute Gasteiger partial charge is 0.339 e. The fourth-order valence-corrected chi connectivity index (χ4v) is 9.37. The first-order chi connectivity index (χ1) is 18.3. The van der Waals surface area contributed by atoms with Crippen LogP contribution in [0.5, 0.6) is 0 Å². The quantitative estimate of drug-likeness (QED) is 0.258. The van der Waals surface area contributed by atoms with E-state index in [-0.39, 0.29) is 17.7 Å². The summed E-state index contributed by atoms with van der Waals surface area (Å²) >= 11 is 8.08. The monoisotopic (exact) mass is 632 g/mol. The molecule has 5 nitrogen and oxygen atoms in total. The van der Waals surface area contributed by atoms with E-state index in [4.69, 9.17) is 0 Å². The van der Waals surface area contributed by atoms with Crippen LogP contribution in [0.2, 0.25) is 0 Å². The number of benzene rings is 3. The van der Waals surface area contributed by atoms with Crippen LogP contribution in [0.15, 0.2) is 72.8 Å². The van der Waals surface area contributed by atoms with Crippen LogP contribution in [-0.2, 0) is 18.2 Å². The predicted molar refractivity (Wildman–Crippen MR) is 153 cm³/mol. The second-order valence-electron chi connectivity index (χ2n) is 11.0. The van der Waals surface area contributed by atoms with Gasteiger partial charge in [-0.25, -0.2) is 4.90 Å². The van der Waals surface area contributed by atoms with E-state index in [0.29, 0.717) is 17.2 Å². The Morgan fingerprint density at radius 3 is 1.58 bits per heavy atom. The molecule has 2 atom stereocenters. The first-order valence-electron chi connectivity index (χ1n) is 13.1. The number of likely N-dealkylation sites (tertiary alicyclic amines) is 1. The zero-order valence-electron chi connectivity index (χ0n) is 20.9. The average Bonchev–Trinajstić information content (AvgIpc) is 3.22. The minimum atomic E-state index is -0.816. The highest BCUT2D eigenvalue weighted by molar-refractivity contribution is 9.10. The third kappa shape index (κ3) is 3.00. The molecular formula is C31H26Br2N2O3. The maximum atomic E-state index is 14.2. The number of anilines is 1. The van der Waals surface area contributed by atoms with Crippen LogP contribution >= 0.6 is 31.9 Å². The Hall–Kier alpha value is -2.77. The van der Waals surface area contributed by atoms with Crippen molar-refractivity contribution >= 4 is 55.3 Å². The van der Waals surface area contributed by atoms with Crippen molar-refractivity contribution in [3.63, 3.8) is 0 Å². The number of hydrogen-bond donors (Lipinski definition) is 0. The van der Waals surface area contributed by atoms with Gasteiger partial charge in [0.05, 0.1) is 26.2 Å². The summed E-state index contributed by atoms with van der Waals surface area (Å²) in [5, 5.41) is 0. The van der Waals surface area contributed by atoms with Crippen molar-refractivity contribution in [3.05, 3.63) is 101 Å². The number of alkyl halides is 2. The highest BCUT2D eigenvalue weighted by atomic mass is 79.9. The molecule has 38 heavy (non-hydrogen) atoms. The molecule has 2 bridgehead atoms. The van der Waals surface area contributed by atoms with E-state index in [1.807, 2.05) is 29.2 Å². The number of carbonyl (C=O) groups excluding carboxylic acids is 3. The Morgan fingerprint density at radius 2 is 1.16 bits per heavy atom. The minimum Gasteiger partial charge on any atom is -0.339 e. The summed E-state index contributed by atoms with van der Waals surface area (Å²) in [7, 11) is 0. The highest BCUT2D eigenvalue weighted by Gasteiger charge is 2.72. The van der Waals surface area contributed by atoms with E-state index in [0.717, 1.165) is 48.2 Å². The molecule has 3 amide bonds. The maximum Gasteiger partial charge on any atom is 0.253 e. The summed E-state index contributed by atoms with van der Waals surface area (Å²) in [5.74, 6) is -1.05. The van der Waals surface area contributed by atoms with Crippen LogP contribution in [0.25, 0.3) is 0 Å². The topological polar surface area (TPSA) is 57.7 Å². The molecule has 2 saturated heterocycles. The number of halogens is 2. The lowest BCUT2D eigenvalue weighted by Gasteiger charge is -2.55. The van der Waals surface area contributed by atoms with Crippen molar-refractivity contribution in [2.24, 2.45) is 17.8 Å². The Morgan fingerprint density at radius 1 is 0.737 bits per heavy atom. The Balaban J connectivity index is 1.28. The van der Waals surface area contributed by atoms with Gasteiger partial charge in [-0.3, -0.25) is 14.4 Å². The Kier molecular flexibility index (Phi) is 5.34. The third-order valence-electron chi connectivity index (χ3n) is 9.03. The number of rotatable bonds is 2. The molecule has 2 fully saturated rings. The average molecular weight is 634 g/mol. The smallest absolute Gasteiger partial charge is 0.253 e. The molecule has 192 valence electrons. The molecule has 8 rings (SSSR count). The highest BCUT2D eigenvalue weighted by Crippen LogP contribution is 2.70. The Labute approximate surface area is 238 Å². The van der Waals surface area contributed by atoms with Gasteiger partial charge >= 0.3 is 0 Å². The molecule has 2 aliphatic heterocycles. The zero-order valence-corrected chi connectivity index (χ0v) is 24.0. The van der Waals surface area contributed by atoms with Crippen molar-refractivity contribution < 1.29 is 14.4 Å². The zero-order chi connectivity index (χ0) is 26.4. The molecule has 0 unspecified atom stereocenters. The Bertz CT molecular complexity index is 1390. The first-order valence-corrected chi connectivity index (χ1v) is 14.7. The predicted octanol–water partition coefficient (Wildman–Crippen LogP) is 5.97. The van der Waals surface area contributed by atoms with E-state index in [9.17, 15) is 14.4 Å². The van der Waals surface area contributed by atoms with Gasteiger partial charge in [0.1, 0.15) is 0 Å². The van der Waals surface area contributed by atoms with Gasteiger partial charge in [0.2, 0.25) is 11.8 Å². The van der Waals surface area contributed by atoms with Crippen molar-refractivity contribution in [1.82, 2.24) is 4.90 Å². The lowest BCUT2D eigenvalue weighted by atomic mass is 9.54. The molecule has 0 spiro atoms. The summed E-state index contributed by atoms with van der Waals surface area (Å²) in [4.78, 5) is 44.7. The summed E-state index contributed by atoms with van der Waals surface area (Å²) in [6.45, 7) is 3.74. The van der Waals surface area contributed by atoms with E-state index in [1.165, 1.54) is 4.90 Å². The van der Waals surface area contributed by atoms with Crippen LogP contribution in [-0.4, -0.2) is 35.7 Å². The molecule has 3 aliphatic carbocycles.